The molecule has 1 heterocycles. The first kappa shape index (κ1) is 13.9. The molecule has 0 aliphatic carbocycles. The lowest BCUT2D eigenvalue weighted by Gasteiger charge is -2.10. The molecule has 0 unspecified atom stereocenters. The fraction of sp³-hybridized carbons (Fsp3) is 0.154. The third kappa shape index (κ3) is 3.47. The van der Waals surface area contributed by atoms with E-state index in [0.29, 0.717) is 10.2 Å². The van der Waals surface area contributed by atoms with Crippen molar-refractivity contribution in [2.45, 2.75) is 13.1 Å². The van der Waals surface area contributed by atoms with E-state index in [-0.39, 0.29) is 5.88 Å². The molecule has 1 aromatic heterocycles. The van der Waals surface area contributed by atoms with Gasteiger partial charge in [0.05, 0.1) is 4.47 Å². The van der Waals surface area contributed by atoms with Crippen molar-refractivity contribution in [2.24, 2.45) is 0 Å². The molecule has 0 amide bonds. The van der Waals surface area contributed by atoms with Gasteiger partial charge in [-0.05, 0) is 46.6 Å². The van der Waals surface area contributed by atoms with Gasteiger partial charge in [0.1, 0.15) is 11.4 Å². The topological polar surface area (TPSA) is 22.1 Å². The molecule has 19 heavy (non-hydrogen) atoms. The fourth-order valence-corrected chi connectivity index (χ4v) is 2.01. The van der Waals surface area contributed by atoms with E-state index in [1.165, 1.54) is 12.1 Å². The second kappa shape index (κ2) is 5.21. The molecule has 6 heteroatoms. The number of aromatic nitrogens is 1. The third-order valence-corrected chi connectivity index (χ3v) is 2.94. The minimum absolute atomic E-state index is 0.0978. The van der Waals surface area contributed by atoms with Crippen molar-refractivity contribution in [3.8, 4) is 11.6 Å². The summed E-state index contributed by atoms with van der Waals surface area (Å²) < 4.78 is 43.5. The Morgan fingerprint density at radius 2 is 1.89 bits per heavy atom. The van der Waals surface area contributed by atoms with Gasteiger partial charge in [0, 0.05) is 6.07 Å². The third-order valence-electron chi connectivity index (χ3n) is 2.32. The van der Waals surface area contributed by atoms with Crippen LogP contribution in [0.4, 0.5) is 13.2 Å². The van der Waals surface area contributed by atoms with E-state index < -0.39 is 11.9 Å². The van der Waals surface area contributed by atoms with Crippen LogP contribution in [0.2, 0.25) is 0 Å². The minimum Gasteiger partial charge on any atom is -0.438 e. The Morgan fingerprint density at radius 3 is 2.53 bits per heavy atom. The Kier molecular flexibility index (Phi) is 3.80. The maximum Gasteiger partial charge on any atom is 0.433 e. The monoisotopic (exact) mass is 331 g/mol. The van der Waals surface area contributed by atoms with Crippen LogP contribution >= 0.6 is 15.9 Å². The number of pyridine rings is 1. The zero-order valence-electron chi connectivity index (χ0n) is 9.83. The van der Waals surface area contributed by atoms with E-state index in [1.807, 2.05) is 13.0 Å². The zero-order chi connectivity index (χ0) is 14.0. The normalized spacial score (nSPS) is 11.4. The smallest absolute Gasteiger partial charge is 0.433 e. The van der Waals surface area contributed by atoms with Crippen LogP contribution in [0.15, 0.2) is 40.9 Å². The Morgan fingerprint density at radius 1 is 1.16 bits per heavy atom. The van der Waals surface area contributed by atoms with Crippen LogP contribution in [0.5, 0.6) is 11.6 Å². The molecule has 0 saturated heterocycles. The number of ether oxygens (including phenoxy) is 1. The molecule has 0 radical (unpaired) electrons. The summed E-state index contributed by atoms with van der Waals surface area (Å²) in [5.74, 6) is 0.316. The number of halogens is 4. The summed E-state index contributed by atoms with van der Waals surface area (Å²) in [6.45, 7) is 1.90. The molecule has 2 nitrogen and oxygen atoms in total. The molecular formula is C13H9BrF3NO. The molecular weight excluding hydrogens is 323 g/mol. The van der Waals surface area contributed by atoms with E-state index in [1.54, 1.807) is 12.1 Å². The molecule has 0 N–H and O–H groups in total. The van der Waals surface area contributed by atoms with Crippen molar-refractivity contribution in [1.29, 1.82) is 0 Å². The molecule has 0 spiro atoms. The highest BCUT2D eigenvalue weighted by Gasteiger charge is 2.32. The van der Waals surface area contributed by atoms with Crippen LogP contribution in [0.1, 0.15) is 11.3 Å². The van der Waals surface area contributed by atoms with Gasteiger partial charge in [-0.25, -0.2) is 4.98 Å². The average molecular weight is 332 g/mol. The Labute approximate surface area is 116 Å². The molecule has 2 rings (SSSR count). The highest BCUT2D eigenvalue weighted by molar-refractivity contribution is 9.10. The fourth-order valence-electron chi connectivity index (χ4n) is 1.43. The van der Waals surface area contributed by atoms with E-state index in [4.69, 9.17) is 4.74 Å². The summed E-state index contributed by atoms with van der Waals surface area (Å²) in [7, 11) is 0. The Balaban J connectivity index is 2.29. The van der Waals surface area contributed by atoms with E-state index in [9.17, 15) is 13.2 Å². The molecule has 0 bridgehead atoms. The second-order valence-corrected chi connectivity index (χ2v) is 4.75. The highest BCUT2D eigenvalue weighted by atomic mass is 79.9. The minimum atomic E-state index is -4.48. The molecule has 0 saturated carbocycles. The number of rotatable bonds is 2. The molecule has 1 aromatic carbocycles. The van der Waals surface area contributed by atoms with Crippen LogP contribution in [-0.4, -0.2) is 4.98 Å². The van der Waals surface area contributed by atoms with Crippen LogP contribution in [0.3, 0.4) is 0 Å². The summed E-state index contributed by atoms with van der Waals surface area (Å²) in [5.41, 5.74) is 0.0319. The van der Waals surface area contributed by atoms with Gasteiger partial charge in [-0.2, -0.15) is 13.2 Å². The molecule has 0 fully saturated rings. The first-order valence-corrected chi connectivity index (χ1v) is 6.14. The maximum atomic E-state index is 12.5. The average Bonchev–Trinajstić information content (AvgIpc) is 2.32. The van der Waals surface area contributed by atoms with Gasteiger partial charge in [-0.1, -0.05) is 12.1 Å². The molecule has 0 aliphatic rings. The standard InChI is InChI=1S/C13H9BrF3NO/c1-8-5-6-10(9(14)7-8)19-12-4-2-3-11(18-12)13(15,16)17/h2-7H,1H3. The van der Waals surface area contributed by atoms with Crippen molar-refractivity contribution >= 4 is 15.9 Å². The van der Waals surface area contributed by atoms with Gasteiger partial charge in [-0.15, -0.1) is 0 Å². The van der Waals surface area contributed by atoms with Crippen LogP contribution < -0.4 is 4.74 Å². The van der Waals surface area contributed by atoms with Gasteiger partial charge < -0.3 is 4.74 Å². The van der Waals surface area contributed by atoms with Crippen molar-refractivity contribution in [3.63, 3.8) is 0 Å². The quantitative estimate of drug-likeness (QED) is 0.775. The molecule has 0 aliphatic heterocycles. The molecule has 2 aromatic rings. The number of benzene rings is 1. The second-order valence-electron chi connectivity index (χ2n) is 3.89. The Hall–Kier alpha value is -1.56. The van der Waals surface area contributed by atoms with Gasteiger partial charge in [0.15, 0.2) is 0 Å². The van der Waals surface area contributed by atoms with E-state index in [2.05, 4.69) is 20.9 Å². The van der Waals surface area contributed by atoms with Gasteiger partial charge >= 0.3 is 6.18 Å². The Bertz CT molecular complexity index is 599. The lowest BCUT2D eigenvalue weighted by Crippen LogP contribution is -2.07. The predicted molar refractivity (Wildman–Crippen MR) is 68.2 cm³/mol. The lowest BCUT2D eigenvalue weighted by atomic mass is 10.2. The van der Waals surface area contributed by atoms with Gasteiger partial charge in [0.2, 0.25) is 5.88 Å². The molecule has 0 atom stereocenters. The summed E-state index contributed by atoms with van der Waals surface area (Å²) in [6.07, 6.45) is -4.48. The maximum absolute atomic E-state index is 12.5. The van der Waals surface area contributed by atoms with Crippen molar-refractivity contribution < 1.29 is 17.9 Å². The van der Waals surface area contributed by atoms with Gasteiger partial charge in [0.25, 0.3) is 0 Å². The van der Waals surface area contributed by atoms with Crippen molar-refractivity contribution in [3.05, 3.63) is 52.1 Å². The predicted octanol–water partition coefficient (Wildman–Crippen LogP) is 4.96. The van der Waals surface area contributed by atoms with Crippen LogP contribution in [-0.2, 0) is 6.18 Å². The van der Waals surface area contributed by atoms with Gasteiger partial charge in [-0.3, -0.25) is 0 Å². The van der Waals surface area contributed by atoms with Crippen molar-refractivity contribution in [2.75, 3.05) is 0 Å². The molecule has 100 valence electrons. The number of aryl methyl sites for hydroxylation is 1. The highest BCUT2D eigenvalue weighted by Crippen LogP contribution is 2.32. The van der Waals surface area contributed by atoms with Crippen LogP contribution in [0, 0.1) is 6.92 Å². The summed E-state index contributed by atoms with van der Waals surface area (Å²) >= 11 is 3.29. The summed E-state index contributed by atoms with van der Waals surface area (Å²) in [4.78, 5) is 3.43. The van der Waals surface area contributed by atoms with Crippen LogP contribution in [0.25, 0.3) is 0 Å². The largest absolute Gasteiger partial charge is 0.438 e. The number of hydrogen-bond acceptors (Lipinski definition) is 2. The van der Waals surface area contributed by atoms with Crippen molar-refractivity contribution in [1.82, 2.24) is 4.98 Å². The summed E-state index contributed by atoms with van der Waals surface area (Å²) in [5, 5.41) is 0. The number of nitrogens with zero attached hydrogens (tertiary/aromatic N) is 1. The lowest BCUT2D eigenvalue weighted by molar-refractivity contribution is -0.141. The van der Waals surface area contributed by atoms with E-state index >= 15 is 0 Å². The number of alkyl halides is 3. The number of hydrogen-bond donors (Lipinski definition) is 0. The van der Waals surface area contributed by atoms with E-state index in [0.717, 1.165) is 11.6 Å². The summed E-state index contributed by atoms with van der Waals surface area (Å²) in [6, 6.07) is 8.81. The first-order chi connectivity index (χ1) is 8.86. The first-order valence-electron chi connectivity index (χ1n) is 5.34. The SMILES string of the molecule is Cc1ccc(Oc2cccc(C(F)(F)F)n2)c(Br)c1. The zero-order valence-corrected chi connectivity index (χ0v) is 11.4.